The van der Waals surface area contributed by atoms with E-state index in [-0.39, 0.29) is 29.0 Å². The summed E-state index contributed by atoms with van der Waals surface area (Å²) in [5, 5.41) is 0. The molecule has 1 saturated heterocycles. The Bertz CT molecular complexity index is 807. The van der Waals surface area contributed by atoms with Crippen LogP contribution in [0.2, 0.25) is 0 Å². The molecule has 0 bridgehead atoms. The molecule has 0 unspecified atom stereocenters. The molecular formula is C19H22N2O3S. The van der Waals surface area contributed by atoms with Crippen LogP contribution >= 0.6 is 0 Å². The molecule has 0 saturated carbocycles. The largest absolute Gasteiger partial charge is 0.334 e. The zero-order valence-corrected chi connectivity index (χ0v) is 14.9. The normalized spacial score (nSPS) is 18.1. The number of nitrogens with zero attached hydrogens (tertiary/aromatic N) is 2. The Hall–Kier alpha value is -2.21. The molecule has 0 aliphatic carbocycles. The molecule has 0 radical (unpaired) electrons. The summed E-state index contributed by atoms with van der Waals surface area (Å²) in [6, 6.07) is 13.9. The number of benzene rings is 1. The standard InChI is InChI=1S/C19H22N2O3S/c22-19(12-15-25(23,24)16-8-2-1-3-9-16)21-14-7-5-11-18(21)17-10-4-6-13-20-17/h1-4,6,8-10,13,18H,5,7,11-12,14-15H2/t18-/m1/s1. The van der Waals surface area contributed by atoms with Crippen molar-refractivity contribution >= 4 is 15.7 Å². The minimum atomic E-state index is -3.44. The van der Waals surface area contributed by atoms with Crippen molar-refractivity contribution in [2.24, 2.45) is 0 Å². The summed E-state index contributed by atoms with van der Waals surface area (Å²) in [6.45, 7) is 0.658. The molecule has 1 amide bonds. The van der Waals surface area contributed by atoms with E-state index >= 15 is 0 Å². The molecule has 2 aromatic rings. The van der Waals surface area contributed by atoms with E-state index in [0.717, 1.165) is 25.0 Å². The molecular weight excluding hydrogens is 336 g/mol. The molecule has 1 fully saturated rings. The van der Waals surface area contributed by atoms with Gasteiger partial charge in [-0.2, -0.15) is 0 Å². The maximum atomic E-state index is 12.7. The van der Waals surface area contributed by atoms with Crippen molar-refractivity contribution in [1.29, 1.82) is 0 Å². The van der Waals surface area contributed by atoms with Gasteiger partial charge in [-0.3, -0.25) is 9.78 Å². The number of hydrogen-bond donors (Lipinski definition) is 0. The van der Waals surface area contributed by atoms with Crippen molar-refractivity contribution in [1.82, 2.24) is 9.88 Å². The summed E-state index contributed by atoms with van der Waals surface area (Å²) < 4.78 is 24.8. The second kappa shape index (κ2) is 7.78. The summed E-state index contributed by atoms with van der Waals surface area (Å²) in [5.41, 5.74) is 0.876. The van der Waals surface area contributed by atoms with Crippen LogP contribution in [0.15, 0.2) is 59.6 Å². The highest BCUT2D eigenvalue weighted by molar-refractivity contribution is 7.91. The second-order valence-electron chi connectivity index (χ2n) is 6.24. The summed E-state index contributed by atoms with van der Waals surface area (Å²) in [7, 11) is -3.44. The van der Waals surface area contributed by atoms with Crippen LogP contribution in [0.4, 0.5) is 0 Å². The van der Waals surface area contributed by atoms with Crippen molar-refractivity contribution in [3.8, 4) is 0 Å². The molecule has 1 aliphatic rings. The quantitative estimate of drug-likeness (QED) is 0.824. The summed E-state index contributed by atoms with van der Waals surface area (Å²) in [4.78, 5) is 19.1. The molecule has 6 heteroatoms. The number of aromatic nitrogens is 1. The number of likely N-dealkylation sites (tertiary alicyclic amines) is 1. The first-order valence-corrected chi connectivity index (χ1v) is 10.2. The molecule has 25 heavy (non-hydrogen) atoms. The van der Waals surface area contributed by atoms with E-state index in [2.05, 4.69) is 4.98 Å². The van der Waals surface area contributed by atoms with Gasteiger partial charge in [0, 0.05) is 19.2 Å². The Balaban J connectivity index is 1.69. The van der Waals surface area contributed by atoms with Crippen LogP contribution in [-0.2, 0) is 14.6 Å². The lowest BCUT2D eigenvalue weighted by Crippen LogP contribution is -2.39. The average molecular weight is 358 g/mol. The molecule has 1 aliphatic heterocycles. The molecule has 0 N–H and O–H groups in total. The van der Waals surface area contributed by atoms with Gasteiger partial charge in [0.05, 0.1) is 22.4 Å². The Labute approximate surface area is 148 Å². The van der Waals surface area contributed by atoms with Gasteiger partial charge in [0.15, 0.2) is 9.84 Å². The van der Waals surface area contributed by atoms with Crippen molar-refractivity contribution < 1.29 is 13.2 Å². The fraction of sp³-hybridized carbons (Fsp3) is 0.368. The first-order valence-electron chi connectivity index (χ1n) is 8.56. The van der Waals surface area contributed by atoms with E-state index in [1.54, 1.807) is 41.4 Å². The number of amides is 1. The number of sulfone groups is 1. The Morgan fingerprint density at radius 2 is 1.84 bits per heavy atom. The molecule has 3 rings (SSSR count). The van der Waals surface area contributed by atoms with E-state index in [4.69, 9.17) is 0 Å². The predicted octanol–water partition coefficient (Wildman–Crippen LogP) is 3.00. The van der Waals surface area contributed by atoms with E-state index in [9.17, 15) is 13.2 Å². The molecule has 132 valence electrons. The number of piperidine rings is 1. The van der Waals surface area contributed by atoms with Crippen molar-refractivity contribution in [2.45, 2.75) is 36.6 Å². The fourth-order valence-corrected chi connectivity index (χ4v) is 4.47. The minimum Gasteiger partial charge on any atom is -0.334 e. The maximum absolute atomic E-state index is 12.7. The van der Waals surface area contributed by atoms with E-state index in [1.807, 2.05) is 18.2 Å². The van der Waals surface area contributed by atoms with Gasteiger partial charge in [-0.05, 0) is 43.5 Å². The highest BCUT2D eigenvalue weighted by Gasteiger charge is 2.29. The smallest absolute Gasteiger partial charge is 0.224 e. The maximum Gasteiger partial charge on any atom is 0.224 e. The first kappa shape index (κ1) is 17.6. The van der Waals surface area contributed by atoms with Gasteiger partial charge in [-0.25, -0.2) is 8.42 Å². The van der Waals surface area contributed by atoms with Gasteiger partial charge in [-0.15, -0.1) is 0 Å². The third-order valence-corrected chi connectivity index (χ3v) is 6.27. The van der Waals surface area contributed by atoms with Crippen LogP contribution in [0.1, 0.15) is 37.4 Å². The molecule has 1 atom stereocenters. The highest BCUT2D eigenvalue weighted by atomic mass is 32.2. The highest BCUT2D eigenvalue weighted by Crippen LogP contribution is 2.30. The fourth-order valence-electron chi connectivity index (χ4n) is 3.22. The molecule has 1 aromatic carbocycles. The summed E-state index contributed by atoms with van der Waals surface area (Å²) >= 11 is 0. The summed E-state index contributed by atoms with van der Waals surface area (Å²) in [5.74, 6) is -0.281. The molecule has 2 heterocycles. The van der Waals surface area contributed by atoms with E-state index < -0.39 is 9.84 Å². The minimum absolute atomic E-state index is 0.000557. The van der Waals surface area contributed by atoms with E-state index in [1.165, 1.54) is 0 Å². The van der Waals surface area contributed by atoms with Crippen LogP contribution in [-0.4, -0.2) is 36.5 Å². The number of pyridine rings is 1. The SMILES string of the molecule is O=C(CCS(=O)(=O)c1ccccc1)N1CCCC[C@@H]1c1ccccn1. The first-order chi connectivity index (χ1) is 12.1. The number of rotatable bonds is 5. The van der Waals surface area contributed by atoms with Gasteiger partial charge in [0.1, 0.15) is 0 Å². The monoisotopic (exact) mass is 358 g/mol. The van der Waals surface area contributed by atoms with Gasteiger partial charge in [0.25, 0.3) is 0 Å². The van der Waals surface area contributed by atoms with Gasteiger partial charge >= 0.3 is 0 Å². The third kappa shape index (κ3) is 4.25. The Morgan fingerprint density at radius 1 is 1.08 bits per heavy atom. The molecule has 0 spiro atoms. The Morgan fingerprint density at radius 3 is 2.56 bits per heavy atom. The lowest BCUT2D eigenvalue weighted by atomic mass is 9.98. The van der Waals surface area contributed by atoms with Crippen LogP contribution in [0.25, 0.3) is 0 Å². The van der Waals surface area contributed by atoms with Gasteiger partial charge in [-0.1, -0.05) is 24.3 Å². The lowest BCUT2D eigenvalue weighted by molar-refractivity contribution is -0.134. The zero-order chi connectivity index (χ0) is 17.7. The number of carbonyl (C=O) groups excluding carboxylic acids is 1. The van der Waals surface area contributed by atoms with Crippen LogP contribution in [0.3, 0.4) is 0 Å². The predicted molar refractivity (Wildman–Crippen MR) is 95.7 cm³/mol. The zero-order valence-electron chi connectivity index (χ0n) is 14.0. The average Bonchev–Trinajstić information content (AvgIpc) is 2.67. The number of hydrogen-bond acceptors (Lipinski definition) is 4. The number of carbonyl (C=O) groups is 1. The molecule has 1 aromatic heterocycles. The van der Waals surface area contributed by atoms with E-state index in [0.29, 0.717) is 6.54 Å². The van der Waals surface area contributed by atoms with Crippen LogP contribution < -0.4 is 0 Å². The Kier molecular flexibility index (Phi) is 5.48. The van der Waals surface area contributed by atoms with Crippen molar-refractivity contribution in [2.75, 3.05) is 12.3 Å². The van der Waals surface area contributed by atoms with Crippen LogP contribution in [0.5, 0.6) is 0 Å². The van der Waals surface area contributed by atoms with Crippen molar-refractivity contribution in [3.05, 3.63) is 60.4 Å². The third-order valence-electron chi connectivity index (χ3n) is 4.54. The van der Waals surface area contributed by atoms with Gasteiger partial charge in [0.2, 0.25) is 5.91 Å². The van der Waals surface area contributed by atoms with Gasteiger partial charge < -0.3 is 4.90 Å². The second-order valence-corrected chi connectivity index (χ2v) is 8.34. The summed E-state index contributed by atoms with van der Waals surface area (Å²) in [6.07, 6.45) is 4.59. The molecule has 5 nitrogen and oxygen atoms in total. The van der Waals surface area contributed by atoms with Crippen LogP contribution in [0, 0.1) is 0 Å². The lowest BCUT2D eigenvalue weighted by Gasteiger charge is -2.35. The topological polar surface area (TPSA) is 67.3 Å². The van der Waals surface area contributed by atoms with Crippen molar-refractivity contribution in [3.63, 3.8) is 0 Å².